The van der Waals surface area contributed by atoms with Crippen LogP contribution in [0.1, 0.15) is 24.8 Å². The maximum Gasteiger partial charge on any atom is 0.0833 e. The standard InChI is InChI=1S/C10H18N2OS2/c1-8(9-4-11-7-15-9)12-5-10(2,13)6-14-3/h4,7-8,12-13H,5-6H2,1-3H3. The number of thioether (sulfide) groups is 1. The van der Waals surface area contributed by atoms with Gasteiger partial charge in [-0.2, -0.15) is 11.8 Å². The van der Waals surface area contributed by atoms with Crippen molar-refractivity contribution >= 4 is 23.1 Å². The zero-order valence-corrected chi connectivity index (χ0v) is 11.0. The van der Waals surface area contributed by atoms with Crippen molar-refractivity contribution in [3.63, 3.8) is 0 Å². The van der Waals surface area contributed by atoms with E-state index >= 15 is 0 Å². The Morgan fingerprint density at radius 1 is 1.73 bits per heavy atom. The Morgan fingerprint density at radius 3 is 3.00 bits per heavy atom. The molecule has 0 radical (unpaired) electrons. The molecule has 0 bridgehead atoms. The van der Waals surface area contributed by atoms with Gasteiger partial charge in [-0.3, -0.25) is 4.98 Å². The van der Waals surface area contributed by atoms with Gasteiger partial charge >= 0.3 is 0 Å². The highest BCUT2D eigenvalue weighted by molar-refractivity contribution is 7.98. The van der Waals surface area contributed by atoms with E-state index in [0.29, 0.717) is 6.54 Å². The highest BCUT2D eigenvalue weighted by Crippen LogP contribution is 2.17. The summed E-state index contributed by atoms with van der Waals surface area (Å²) in [5.74, 6) is 0.745. The minimum Gasteiger partial charge on any atom is -0.388 e. The van der Waals surface area contributed by atoms with Gasteiger partial charge in [-0.15, -0.1) is 11.3 Å². The van der Waals surface area contributed by atoms with E-state index in [0.717, 1.165) is 5.75 Å². The molecule has 0 aliphatic carbocycles. The predicted molar refractivity (Wildman–Crippen MR) is 67.5 cm³/mol. The van der Waals surface area contributed by atoms with Crippen molar-refractivity contribution in [2.45, 2.75) is 25.5 Å². The molecule has 5 heteroatoms. The lowest BCUT2D eigenvalue weighted by Gasteiger charge is -2.24. The van der Waals surface area contributed by atoms with Crippen molar-refractivity contribution in [2.75, 3.05) is 18.6 Å². The maximum absolute atomic E-state index is 9.97. The molecule has 3 nitrogen and oxygen atoms in total. The minimum atomic E-state index is -0.641. The van der Waals surface area contributed by atoms with Gasteiger partial charge in [0.25, 0.3) is 0 Å². The summed E-state index contributed by atoms with van der Waals surface area (Å²) in [4.78, 5) is 5.24. The Morgan fingerprint density at radius 2 is 2.47 bits per heavy atom. The third-order valence-corrected chi connectivity index (χ3v) is 3.99. The van der Waals surface area contributed by atoms with Crippen LogP contribution in [0.3, 0.4) is 0 Å². The molecule has 0 spiro atoms. The van der Waals surface area contributed by atoms with Crippen LogP contribution >= 0.6 is 23.1 Å². The lowest BCUT2D eigenvalue weighted by atomic mass is 10.1. The summed E-state index contributed by atoms with van der Waals surface area (Å²) in [5.41, 5.74) is 1.19. The molecule has 15 heavy (non-hydrogen) atoms. The van der Waals surface area contributed by atoms with Gasteiger partial charge in [-0.05, 0) is 20.1 Å². The van der Waals surface area contributed by atoms with Gasteiger partial charge in [0.2, 0.25) is 0 Å². The van der Waals surface area contributed by atoms with E-state index in [4.69, 9.17) is 0 Å². The van der Waals surface area contributed by atoms with E-state index in [2.05, 4.69) is 17.2 Å². The van der Waals surface area contributed by atoms with Gasteiger partial charge in [-0.25, -0.2) is 0 Å². The number of rotatable bonds is 6. The Hall–Kier alpha value is -0.100. The molecule has 0 saturated carbocycles. The van der Waals surface area contributed by atoms with Gasteiger partial charge in [0.15, 0.2) is 0 Å². The fourth-order valence-electron chi connectivity index (χ4n) is 1.28. The van der Waals surface area contributed by atoms with Crippen LogP contribution in [0, 0.1) is 0 Å². The molecule has 2 N–H and O–H groups in total. The van der Waals surface area contributed by atoms with Gasteiger partial charge in [0.05, 0.1) is 11.1 Å². The Labute approximate surface area is 99.3 Å². The first-order valence-electron chi connectivity index (χ1n) is 4.88. The predicted octanol–water partition coefficient (Wildman–Crippen LogP) is 1.91. The third-order valence-electron chi connectivity index (χ3n) is 2.12. The molecule has 1 rings (SSSR count). The summed E-state index contributed by atoms with van der Waals surface area (Å²) >= 11 is 3.29. The number of nitrogens with zero attached hydrogens (tertiary/aromatic N) is 1. The number of hydrogen-bond donors (Lipinski definition) is 2. The first kappa shape index (κ1) is 13.0. The van der Waals surface area contributed by atoms with E-state index in [1.54, 1.807) is 23.1 Å². The van der Waals surface area contributed by atoms with E-state index in [1.807, 2.05) is 24.9 Å². The van der Waals surface area contributed by atoms with E-state index in [-0.39, 0.29) is 6.04 Å². The van der Waals surface area contributed by atoms with Crippen molar-refractivity contribution < 1.29 is 5.11 Å². The molecule has 1 heterocycles. The third kappa shape index (κ3) is 4.51. The van der Waals surface area contributed by atoms with Gasteiger partial charge in [-0.1, -0.05) is 0 Å². The summed E-state index contributed by atoms with van der Waals surface area (Å²) in [6.45, 7) is 4.55. The number of nitrogens with one attached hydrogen (secondary N) is 1. The monoisotopic (exact) mass is 246 g/mol. The van der Waals surface area contributed by atoms with Crippen LogP contribution in [0.15, 0.2) is 11.7 Å². The van der Waals surface area contributed by atoms with Crippen molar-refractivity contribution in [1.82, 2.24) is 10.3 Å². The first-order valence-corrected chi connectivity index (χ1v) is 7.15. The van der Waals surface area contributed by atoms with Crippen LogP contribution in [0.2, 0.25) is 0 Å². The zero-order valence-electron chi connectivity index (χ0n) is 9.36. The fourth-order valence-corrected chi connectivity index (χ4v) is 2.65. The van der Waals surface area contributed by atoms with Crippen molar-refractivity contribution in [3.05, 3.63) is 16.6 Å². The van der Waals surface area contributed by atoms with E-state index < -0.39 is 5.60 Å². The Balaban J connectivity index is 2.37. The zero-order chi connectivity index (χ0) is 11.3. The Bertz CT molecular complexity index is 275. The topological polar surface area (TPSA) is 45.1 Å². The molecular formula is C10H18N2OS2. The number of aromatic nitrogens is 1. The minimum absolute atomic E-state index is 0.255. The average molecular weight is 246 g/mol. The fraction of sp³-hybridized carbons (Fsp3) is 0.700. The molecule has 86 valence electrons. The lowest BCUT2D eigenvalue weighted by Crippen LogP contribution is -2.40. The smallest absolute Gasteiger partial charge is 0.0833 e. The summed E-state index contributed by atoms with van der Waals surface area (Å²) in [7, 11) is 0. The molecule has 0 aliphatic heterocycles. The molecule has 1 aromatic heterocycles. The molecule has 0 aliphatic rings. The van der Waals surface area contributed by atoms with Crippen LogP contribution in [0.4, 0.5) is 0 Å². The lowest BCUT2D eigenvalue weighted by molar-refractivity contribution is 0.0822. The molecule has 2 atom stereocenters. The molecule has 1 aromatic rings. The van der Waals surface area contributed by atoms with Crippen LogP contribution in [-0.2, 0) is 0 Å². The van der Waals surface area contributed by atoms with Crippen LogP contribution in [0.5, 0.6) is 0 Å². The second kappa shape index (κ2) is 5.84. The summed E-state index contributed by atoms with van der Waals surface area (Å²) < 4.78 is 0. The van der Waals surface area contributed by atoms with Gasteiger partial charge in [0, 0.05) is 29.4 Å². The van der Waals surface area contributed by atoms with Crippen LogP contribution in [0.25, 0.3) is 0 Å². The molecule has 0 amide bonds. The van der Waals surface area contributed by atoms with E-state index in [1.165, 1.54) is 4.88 Å². The second-order valence-electron chi connectivity index (χ2n) is 3.94. The molecule has 0 aromatic carbocycles. The maximum atomic E-state index is 9.97. The van der Waals surface area contributed by atoms with Crippen molar-refractivity contribution in [3.8, 4) is 0 Å². The number of aliphatic hydroxyl groups is 1. The Kier molecular flexibility index (Phi) is 5.05. The largest absolute Gasteiger partial charge is 0.388 e. The highest BCUT2D eigenvalue weighted by Gasteiger charge is 2.20. The number of thiazole rings is 1. The average Bonchev–Trinajstić information content (AvgIpc) is 2.67. The summed E-state index contributed by atoms with van der Waals surface area (Å²) in [6, 6.07) is 0.255. The normalized spacial score (nSPS) is 17.3. The van der Waals surface area contributed by atoms with Crippen LogP contribution < -0.4 is 5.32 Å². The highest BCUT2D eigenvalue weighted by atomic mass is 32.2. The van der Waals surface area contributed by atoms with Gasteiger partial charge < -0.3 is 10.4 Å². The molecule has 2 unspecified atom stereocenters. The first-order chi connectivity index (χ1) is 7.05. The number of hydrogen-bond acceptors (Lipinski definition) is 5. The summed E-state index contributed by atoms with van der Waals surface area (Å²) in [6.07, 6.45) is 3.87. The van der Waals surface area contributed by atoms with Crippen molar-refractivity contribution in [2.24, 2.45) is 0 Å². The van der Waals surface area contributed by atoms with Crippen LogP contribution in [-0.4, -0.2) is 34.2 Å². The SMILES string of the molecule is CSCC(C)(O)CNC(C)c1cncs1. The molecular weight excluding hydrogens is 228 g/mol. The van der Waals surface area contributed by atoms with E-state index in [9.17, 15) is 5.11 Å². The molecule has 0 fully saturated rings. The molecule has 0 saturated heterocycles. The quantitative estimate of drug-likeness (QED) is 0.805. The summed E-state index contributed by atoms with van der Waals surface area (Å²) in [5, 5.41) is 13.3. The van der Waals surface area contributed by atoms with Crippen molar-refractivity contribution in [1.29, 1.82) is 0 Å². The second-order valence-corrected chi connectivity index (χ2v) is 5.72. The van der Waals surface area contributed by atoms with Gasteiger partial charge in [0.1, 0.15) is 0 Å².